The molecular formula is C26H32N4O3. The minimum Gasteiger partial charge on any atom is -0.497 e. The molecule has 0 bridgehead atoms. The Hall–Kier alpha value is -3.19. The summed E-state index contributed by atoms with van der Waals surface area (Å²) in [5.41, 5.74) is 10.8. The van der Waals surface area contributed by atoms with Gasteiger partial charge >= 0.3 is 0 Å². The number of ether oxygens (including phenoxy) is 1. The van der Waals surface area contributed by atoms with Gasteiger partial charge in [0.15, 0.2) is 0 Å². The van der Waals surface area contributed by atoms with Crippen molar-refractivity contribution in [3.8, 4) is 5.75 Å². The normalized spacial score (nSPS) is 19.4. The number of nitrogens with zero attached hydrogens (tertiary/aromatic N) is 3. The van der Waals surface area contributed by atoms with E-state index in [0.717, 1.165) is 28.2 Å². The number of benzene rings is 2. The van der Waals surface area contributed by atoms with Gasteiger partial charge in [0.2, 0.25) is 5.91 Å². The predicted octanol–water partition coefficient (Wildman–Crippen LogP) is 3.19. The van der Waals surface area contributed by atoms with Crippen LogP contribution in [0.3, 0.4) is 0 Å². The number of amides is 2. The van der Waals surface area contributed by atoms with Crippen molar-refractivity contribution in [3.63, 3.8) is 0 Å². The Balaban J connectivity index is 1.59. The highest BCUT2D eigenvalue weighted by Gasteiger charge is 2.35. The minimum absolute atomic E-state index is 0.0411. The smallest absolute Gasteiger partial charge is 0.257 e. The number of piperidine rings is 1. The number of nitrogens with two attached hydrogens (primary N) is 1. The van der Waals surface area contributed by atoms with E-state index in [1.807, 2.05) is 24.3 Å². The van der Waals surface area contributed by atoms with Gasteiger partial charge in [0.05, 0.1) is 25.4 Å². The Morgan fingerprint density at radius 1 is 1.12 bits per heavy atom. The van der Waals surface area contributed by atoms with Crippen LogP contribution in [0.1, 0.15) is 47.6 Å². The molecule has 0 aliphatic carbocycles. The first-order valence-electron chi connectivity index (χ1n) is 11.5. The Kier molecular flexibility index (Phi) is 6.79. The van der Waals surface area contributed by atoms with Crippen LogP contribution >= 0.6 is 0 Å². The summed E-state index contributed by atoms with van der Waals surface area (Å²) < 4.78 is 5.42. The lowest BCUT2D eigenvalue weighted by Gasteiger charge is -2.31. The summed E-state index contributed by atoms with van der Waals surface area (Å²) in [6, 6.07) is 14.0. The van der Waals surface area contributed by atoms with Crippen LogP contribution in [0.5, 0.6) is 5.75 Å². The molecule has 0 saturated carbocycles. The molecule has 2 aliphatic rings. The zero-order valence-corrected chi connectivity index (χ0v) is 19.6. The third-order valence-corrected chi connectivity index (χ3v) is 6.70. The summed E-state index contributed by atoms with van der Waals surface area (Å²) in [5, 5.41) is 6.49. The molecule has 7 nitrogen and oxygen atoms in total. The number of carbonyl (C=O) groups is 2. The van der Waals surface area contributed by atoms with Gasteiger partial charge in [0.1, 0.15) is 5.75 Å². The predicted molar refractivity (Wildman–Crippen MR) is 128 cm³/mol. The fourth-order valence-corrected chi connectivity index (χ4v) is 4.70. The van der Waals surface area contributed by atoms with Gasteiger partial charge in [0.25, 0.3) is 5.91 Å². The molecule has 4 rings (SSSR count). The molecule has 2 aliphatic heterocycles. The van der Waals surface area contributed by atoms with E-state index in [1.165, 1.54) is 5.56 Å². The fraction of sp³-hybridized carbons (Fsp3) is 0.423. The number of methoxy groups -OCH3 is 1. The van der Waals surface area contributed by atoms with Crippen LogP contribution in [0, 0.1) is 19.8 Å². The van der Waals surface area contributed by atoms with Crippen molar-refractivity contribution < 1.29 is 14.3 Å². The van der Waals surface area contributed by atoms with Crippen molar-refractivity contribution in [3.05, 3.63) is 64.7 Å². The summed E-state index contributed by atoms with van der Waals surface area (Å²) in [5.74, 6) is 0.372. The maximum Gasteiger partial charge on any atom is 0.257 e. The van der Waals surface area contributed by atoms with E-state index >= 15 is 0 Å². The van der Waals surface area contributed by atoms with Crippen molar-refractivity contribution in [1.82, 2.24) is 9.91 Å². The van der Waals surface area contributed by atoms with Crippen molar-refractivity contribution in [2.24, 2.45) is 16.8 Å². The van der Waals surface area contributed by atoms with E-state index in [0.29, 0.717) is 32.4 Å². The number of hydrogen-bond acceptors (Lipinski definition) is 5. The molecule has 2 heterocycles. The van der Waals surface area contributed by atoms with Crippen LogP contribution in [-0.2, 0) is 9.59 Å². The Morgan fingerprint density at radius 2 is 1.88 bits per heavy atom. The van der Waals surface area contributed by atoms with Crippen LogP contribution < -0.4 is 10.5 Å². The second kappa shape index (κ2) is 9.75. The van der Waals surface area contributed by atoms with Crippen molar-refractivity contribution in [2.75, 3.05) is 26.7 Å². The van der Waals surface area contributed by atoms with E-state index in [4.69, 9.17) is 15.6 Å². The molecule has 7 heteroatoms. The van der Waals surface area contributed by atoms with Crippen molar-refractivity contribution in [1.29, 1.82) is 0 Å². The number of rotatable bonds is 6. The molecule has 2 amide bonds. The zero-order chi connectivity index (χ0) is 23.5. The van der Waals surface area contributed by atoms with Crippen molar-refractivity contribution in [2.45, 2.75) is 39.2 Å². The quantitative estimate of drug-likeness (QED) is 0.735. The highest BCUT2D eigenvalue weighted by molar-refractivity contribution is 6.04. The first-order valence-corrected chi connectivity index (χ1v) is 11.5. The van der Waals surface area contributed by atoms with Crippen LogP contribution in [-0.4, -0.2) is 54.2 Å². The topological polar surface area (TPSA) is 88.2 Å². The zero-order valence-electron chi connectivity index (χ0n) is 19.6. The number of primary amides is 1. The standard InChI is InChI=1S/C26H32N4O3/c1-17-7-8-18(2)22(13-17)23-15-24(20-5-4-6-21(14-20)33-3)30(28-23)25(31)16-29-11-9-19(10-12-29)26(27)32/h4-8,13-14,19,24H,9-12,15-16H2,1-3H3,(H2,27,32)/t24-/m1/s1. The second-order valence-corrected chi connectivity index (χ2v) is 9.05. The van der Waals surface area contributed by atoms with E-state index < -0.39 is 0 Å². The Bertz CT molecular complexity index is 1070. The molecule has 1 saturated heterocycles. The maximum atomic E-state index is 13.5. The molecule has 0 radical (unpaired) electrons. The number of likely N-dealkylation sites (tertiary alicyclic amines) is 1. The molecule has 33 heavy (non-hydrogen) atoms. The molecular weight excluding hydrogens is 416 g/mol. The van der Waals surface area contributed by atoms with E-state index in [-0.39, 0.29) is 30.3 Å². The average molecular weight is 449 g/mol. The lowest BCUT2D eigenvalue weighted by atomic mass is 9.95. The first kappa shape index (κ1) is 23.0. The molecule has 0 unspecified atom stereocenters. The highest BCUT2D eigenvalue weighted by Crippen LogP contribution is 2.35. The molecule has 2 aromatic carbocycles. The van der Waals surface area contributed by atoms with Crippen LogP contribution in [0.4, 0.5) is 0 Å². The van der Waals surface area contributed by atoms with E-state index in [9.17, 15) is 9.59 Å². The first-order chi connectivity index (χ1) is 15.9. The van der Waals surface area contributed by atoms with E-state index in [1.54, 1.807) is 12.1 Å². The van der Waals surface area contributed by atoms with Gasteiger partial charge < -0.3 is 10.5 Å². The average Bonchev–Trinajstić information content (AvgIpc) is 3.26. The molecule has 2 aromatic rings. The van der Waals surface area contributed by atoms with Crippen LogP contribution in [0.25, 0.3) is 0 Å². The summed E-state index contributed by atoms with van der Waals surface area (Å²) >= 11 is 0. The molecule has 1 atom stereocenters. The number of aryl methyl sites for hydroxylation is 2. The largest absolute Gasteiger partial charge is 0.497 e. The maximum absolute atomic E-state index is 13.5. The monoisotopic (exact) mass is 448 g/mol. The molecule has 174 valence electrons. The Labute approximate surface area is 195 Å². The van der Waals surface area contributed by atoms with Gasteiger partial charge in [-0.25, -0.2) is 5.01 Å². The van der Waals surface area contributed by atoms with Gasteiger partial charge in [-0.3, -0.25) is 14.5 Å². The third kappa shape index (κ3) is 5.09. The highest BCUT2D eigenvalue weighted by atomic mass is 16.5. The van der Waals surface area contributed by atoms with Crippen LogP contribution in [0.2, 0.25) is 0 Å². The summed E-state index contributed by atoms with van der Waals surface area (Å²) in [4.78, 5) is 27.0. The lowest BCUT2D eigenvalue weighted by molar-refractivity contribution is -0.134. The lowest BCUT2D eigenvalue weighted by Crippen LogP contribution is -2.44. The summed E-state index contributed by atoms with van der Waals surface area (Å²) in [7, 11) is 1.64. The summed E-state index contributed by atoms with van der Waals surface area (Å²) in [6.45, 7) is 5.78. The van der Waals surface area contributed by atoms with Crippen molar-refractivity contribution >= 4 is 17.5 Å². The van der Waals surface area contributed by atoms with E-state index in [2.05, 4.69) is 36.9 Å². The van der Waals surface area contributed by atoms with Gasteiger partial charge in [0, 0.05) is 17.9 Å². The molecule has 1 fully saturated rings. The number of hydrazone groups is 1. The fourth-order valence-electron chi connectivity index (χ4n) is 4.70. The van der Waals surface area contributed by atoms with Gasteiger partial charge in [-0.1, -0.05) is 29.8 Å². The number of hydrogen-bond donors (Lipinski definition) is 1. The SMILES string of the molecule is COc1cccc([C@H]2CC(c3cc(C)ccc3C)=NN2C(=O)CN2CCC(C(N)=O)CC2)c1. The summed E-state index contributed by atoms with van der Waals surface area (Å²) in [6.07, 6.45) is 2.03. The Morgan fingerprint density at radius 3 is 2.58 bits per heavy atom. The van der Waals surface area contributed by atoms with Gasteiger partial charge in [-0.2, -0.15) is 5.10 Å². The molecule has 0 aromatic heterocycles. The minimum atomic E-state index is -0.249. The molecule has 0 spiro atoms. The number of carbonyl (C=O) groups excluding carboxylic acids is 2. The third-order valence-electron chi connectivity index (χ3n) is 6.70. The van der Waals surface area contributed by atoms with Crippen LogP contribution in [0.15, 0.2) is 47.6 Å². The van der Waals surface area contributed by atoms with Gasteiger partial charge in [-0.05, 0) is 69.1 Å². The second-order valence-electron chi connectivity index (χ2n) is 9.05. The molecule has 2 N–H and O–H groups in total. The van der Waals surface area contributed by atoms with Gasteiger partial charge in [-0.15, -0.1) is 0 Å².